The molecule has 2 unspecified atom stereocenters. The molecule has 0 amide bonds. The maximum atomic E-state index is 13.0. The number of para-hydroxylation sites is 1. The number of hydrogen-bond acceptors (Lipinski definition) is 11. The number of H-pyrrole nitrogens is 1. The van der Waals surface area contributed by atoms with Crippen molar-refractivity contribution in [3.8, 4) is 11.1 Å². The molecule has 13 nitrogen and oxygen atoms in total. The fourth-order valence-corrected chi connectivity index (χ4v) is 4.50. The minimum Gasteiger partial charge on any atom is -0.390 e. The highest BCUT2D eigenvalue weighted by atomic mass is 32.2. The lowest BCUT2D eigenvalue weighted by molar-refractivity contribution is 0.187. The number of nitrogens with two attached hydrogens (primary N) is 4. The minimum absolute atomic E-state index is 0.0124. The summed E-state index contributed by atoms with van der Waals surface area (Å²) in [7, 11) is -1.87. The lowest BCUT2D eigenvalue weighted by Gasteiger charge is -2.23. The molecule has 0 fully saturated rings. The summed E-state index contributed by atoms with van der Waals surface area (Å²) >= 11 is 0.470. The molecular weight excluding hydrogens is 456 g/mol. The van der Waals surface area contributed by atoms with Crippen LogP contribution >= 0.6 is 12.1 Å². The van der Waals surface area contributed by atoms with Crippen LogP contribution in [0.2, 0.25) is 0 Å². The number of aromatic nitrogens is 2. The number of benzene rings is 2. The highest BCUT2D eigenvalue weighted by Gasteiger charge is 2.26. The Bertz CT molecular complexity index is 1140. The first kappa shape index (κ1) is 23.9. The Morgan fingerprint density at radius 1 is 1.34 bits per heavy atom. The molecule has 3 aromatic rings. The number of rotatable bonds is 10. The van der Waals surface area contributed by atoms with E-state index >= 15 is 0 Å². The second-order valence-electron chi connectivity index (χ2n) is 6.45. The smallest absolute Gasteiger partial charge is 0.155 e. The number of hydrazone groups is 1. The van der Waals surface area contributed by atoms with Gasteiger partial charge in [-0.15, -0.1) is 5.10 Å². The van der Waals surface area contributed by atoms with Gasteiger partial charge < -0.3 is 21.6 Å². The van der Waals surface area contributed by atoms with Crippen molar-refractivity contribution in [3.63, 3.8) is 0 Å². The van der Waals surface area contributed by atoms with Crippen molar-refractivity contribution in [1.82, 2.24) is 20.2 Å². The summed E-state index contributed by atoms with van der Waals surface area (Å²) < 4.78 is 16.3. The number of hydrazine groups is 1. The van der Waals surface area contributed by atoms with Crippen LogP contribution in [0.3, 0.4) is 0 Å². The largest absolute Gasteiger partial charge is 0.390 e. The summed E-state index contributed by atoms with van der Waals surface area (Å²) in [6.45, 7) is -0.0528. The molecule has 172 valence electrons. The average molecular weight is 481 g/mol. The number of aliphatic hydroxyl groups excluding tert-OH is 1. The van der Waals surface area contributed by atoms with Gasteiger partial charge in [-0.25, -0.2) is 25.3 Å². The van der Waals surface area contributed by atoms with Crippen molar-refractivity contribution in [1.29, 1.82) is 0 Å². The van der Waals surface area contributed by atoms with Crippen LogP contribution in [0.5, 0.6) is 0 Å². The Morgan fingerprint density at radius 3 is 2.81 bits per heavy atom. The van der Waals surface area contributed by atoms with E-state index in [0.29, 0.717) is 33.2 Å². The monoisotopic (exact) mass is 480 g/mol. The Balaban J connectivity index is 2.26. The summed E-state index contributed by atoms with van der Waals surface area (Å²) in [5.41, 5.74) is 16.6. The maximum Gasteiger partial charge on any atom is 0.155 e. The Hall–Kier alpha value is -2.76. The fourth-order valence-electron chi connectivity index (χ4n) is 3.09. The van der Waals surface area contributed by atoms with Gasteiger partial charge in [0.05, 0.1) is 46.1 Å². The summed E-state index contributed by atoms with van der Waals surface area (Å²) in [4.78, 5) is 7.53. The summed E-state index contributed by atoms with van der Waals surface area (Å²) in [5.74, 6) is 5.23. The molecule has 0 aliphatic rings. The van der Waals surface area contributed by atoms with Gasteiger partial charge in [0.1, 0.15) is 16.7 Å². The Labute approximate surface area is 190 Å². The summed E-state index contributed by atoms with van der Waals surface area (Å²) in [6, 6.07) is 8.71. The predicted octanol–water partition coefficient (Wildman–Crippen LogP) is -1.04. The van der Waals surface area contributed by atoms with Gasteiger partial charge in [0.2, 0.25) is 0 Å². The predicted molar refractivity (Wildman–Crippen MR) is 125 cm³/mol. The van der Waals surface area contributed by atoms with Crippen LogP contribution < -0.4 is 37.2 Å². The van der Waals surface area contributed by atoms with Crippen LogP contribution in [0.1, 0.15) is 5.56 Å². The molecule has 13 N–H and O–H groups in total. The van der Waals surface area contributed by atoms with E-state index < -0.39 is 17.1 Å². The van der Waals surface area contributed by atoms with E-state index in [0.717, 1.165) is 5.52 Å². The quantitative estimate of drug-likeness (QED) is 0.0559. The van der Waals surface area contributed by atoms with Gasteiger partial charge in [-0.2, -0.15) is 4.47 Å². The lowest BCUT2D eigenvalue weighted by Crippen LogP contribution is -2.34. The van der Waals surface area contributed by atoms with Crippen molar-refractivity contribution >= 4 is 45.7 Å². The van der Waals surface area contributed by atoms with Gasteiger partial charge in [-0.3, -0.25) is 10.3 Å². The number of fused-ring (bicyclic) bond motifs is 1. The molecule has 0 spiro atoms. The Morgan fingerprint density at radius 2 is 2.12 bits per heavy atom. The van der Waals surface area contributed by atoms with E-state index in [1.807, 2.05) is 18.2 Å². The van der Waals surface area contributed by atoms with Gasteiger partial charge in [-0.05, 0) is 17.7 Å². The van der Waals surface area contributed by atoms with Gasteiger partial charge in [0.25, 0.3) is 0 Å². The highest BCUT2D eigenvalue weighted by Crippen LogP contribution is 2.38. The second kappa shape index (κ2) is 10.7. The Kier molecular flexibility index (Phi) is 7.99. The third-order valence-electron chi connectivity index (χ3n) is 4.53. The normalized spacial score (nSPS) is 13.8. The van der Waals surface area contributed by atoms with Crippen LogP contribution in [-0.2, 0) is 11.0 Å². The fraction of sp³-hybridized carbons (Fsp3) is 0.176. The topological polar surface area (TPSA) is 230 Å². The first-order chi connectivity index (χ1) is 15.4. The summed E-state index contributed by atoms with van der Waals surface area (Å²) in [5, 5.41) is 29.7. The van der Waals surface area contributed by atoms with Gasteiger partial charge in [0, 0.05) is 18.7 Å². The van der Waals surface area contributed by atoms with Crippen LogP contribution in [0.25, 0.3) is 22.2 Å². The highest BCUT2D eigenvalue weighted by molar-refractivity contribution is 7.98. The molecule has 1 heterocycles. The molecule has 0 aliphatic carbocycles. The molecule has 1 aromatic heterocycles. The molecule has 2 aromatic carbocycles. The number of anilines is 1. The van der Waals surface area contributed by atoms with Crippen molar-refractivity contribution in [3.05, 3.63) is 42.2 Å². The van der Waals surface area contributed by atoms with Crippen LogP contribution in [0.4, 0.5) is 5.69 Å². The molecule has 0 aliphatic heterocycles. The zero-order chi connectivity index (χ0) is 23.3. The van der Waals surface area contributed by atoms with Crippen LogP contribution in [-0.4, -0.2) is 49.5 Å². The second-order valence-corrected chi connectivity index (χ2v) is 8.27. The number of nitrogens with one attached hydrogen (secondary N) is 3. The van der Waals surface area contributed by atoms with Gasteiger partial charge in [0.15, 0.2) is 5.84 Å². The van der Waals surface area contributed by atoms with E-state index in [9.17, 15) is 14.5 Å². The van der Waals surface area contributed by atoms with E-state index in [1.165, 1.54) is 0 Å². The average Bonchev–Trinajstić information content (AvgIpc) is 3.30. The number of aromatic amines is 1. The first-order valence-electron chi connectivity index (χ1n) is 9.20. The number of amidine groups is 1. The van der Waals surface area contributed by atoms with Crippen molar-refractivity contribution < 1.29 is 14.5 Å². The standard InChI is InChI=1S/C17H24N10O3S2/c18-6-9(28)7-24-32(30)13-5-4-10(11-2-1-3-12-15(11)23-8-22-12)14(17(19)25-26-20)16(13)27(29)31-21/h1-5,8-9,24,26,28-29H,6-7,18,20-21H2,(H2,19,25)(H,22,23). The molecular formula is C17H24N10O3S2. The zero-order valence-corrected chi connectivity index (χ0v) is 18.4. The lowest BCUT2D eigenvalue weighted by atomic mass is 9.96. The van der Waals surface area contributed by atoms with E-state index in [-0.39, 0.29) is 35.1 Å². The number of hydrogen-bond donors (Lipinski definition) is 9. The van der Waals surface area contributed by atoms with Crippen LogP contribution in [0.15, 0.2) is 46.7 Å². The third-order valence-corrected chi connectivity index (χ3v) is 6.07. The SMILES string of the molecule is NCC(O)CNS(=O)c1ccc(-c2cccc3[nH]cnc23)c(/C(N)=N/NN)c1N(O)SN. The molecule has 32 heavy (non-hydrogen) atoms. The molecule has 3 rings (SSSR count). The van der Waals surface area contributed by atoms with E-state index in [1.54, 1.807) is 18.5 Å². The molecule has 0 saturated heterocycles. The molecule has 15 heteroatoms. The first-order valence-corrected chi connectivity index (χ1v) is 11.2. The molecule has 0 saturated carbocycles. The molecule has 0 radical (unpaired) electrons. The number of imidazole rings is 1. The van der Waals surface area contributed by atoms with E-state index in [2.05, 4.69) is 25.3 Å². The van der Waals surface area contributed by atoms with Crippen LogP contribution in [0, 0.1) is 0 Å². The minimum atomic E-state index is -1.87. The van der Waals surface area contributed by atoms with Crippen molar-refractivity contribution in [2.75, 3.05) is 17.6 Å². The third kappa shape index (κ3) is 4.84. The number of nitrogens with zero attached hydrogens (tertiary/aromatic N) is 3. The maximum absolute atomic E-state index is 13.0. The summed E-state index contributed by atoms with van der Waals surface area (Å²) in [6.07, 6.45) is 0.651. The van der Waals surface area contributed by atoms with Crippen molar-refractivity contribution in [2.45, 2.75) is 11.0 Å². The molecule has 2 atom stereocenters. The van der Waals surface area contributed by atoms with Gasteiger partial charge in [-0.1, -0.05) is 18.2 Å². The molecule has 0 bridgehead atoms. The van der Waals surface area contributed by atoms with Crippen molar-refractivity contribution in [2.24, 2.45) is 27.6 Å². The zero-order valence-electron chi connectivity index (χ0n) is 16.7. The van der Waals surface area contributed by atoms with Gasteiger partial charge >= 0.3 is 0 Å². The van der Waals surface area contributed by atoms with E-state index in [4.69, 9.17) is 22.4 Å². The number of aliphatic hydroxyl groups is 1.